The van der Waals surface area contributed by atoms with Crippen molar-refractivity contribution < 1.29 is 14.3 Å². The molecule has 2 N–H and O–H groups in total. The molecular formula is C21H19NO3. The second-order valence-electron chi connectivity index (χ2n) is 5.95. The number of anilines is 1. The number of nitrogens with one attached hydrogen (secondary N) is 1. The van der Waals surface area contributed by atoms with Crippen molar-refractivity contribution in [2.24, 2.45) is 0 Å². The van der Waals surface area contributed by atoms with Gasteiger partial charge in [0.05, 0.1) is 0 Å². The molecule has 0 aliphatic rings. The topological polar surface area (TPSA) is 62.5 Å². The summed E-state index contributed by atoms with van der Waals surface area (Å²) >= 11 is 0. The Labute approximate surface area is 146 Å². The second-order valence-corrected chi connectivity index (χ2v) is 5.95. The third kappa shape index (κ3) is 3.67. The highest BCUT2D eigenvalue weighted by atomic mass is 16.4. The summed E-state index contributed by atoms with van der Waals surface area (Å²) in [6.07, 6.45) is 7.33. The Balaban J connectivity index is 1.62. The van der Waals surface area contributed by atoms with Gasteiger partial charge in [0.15, 0.2) is 0 Å². The van der Waals surface area contributed by atoms with Crippen molar-refractivity contribution in [3.05, 3.63) is 64.9 Å². The van der Waals surface area contributed by atoms with E-state index in [0.29, 0.717) is 11.1 Å². The summed E-state index contributed by atoms with van der Waals surface area (Å²) in [5, 5.41) is 13.3. The SMILES string of the molecule is C#Cc1cccc(CCCNc2ccc3oc(C(=O)O)c(C)c3c2)c1. The van der Waals surface area contributed by atoms with Crippen molar-refractivity contribution in [3.8, 4) is 12.3 Å². The van der Waals surface area contributed by atoms with Crippen LogP contribution in [-0.2, 0) is 6.42 Å². The van der Waals surface area contributed by atoms with Crippen LogP contribution in [0.15, 0.2) is 46.9 Å². The highest BCUT2D eigenvalue weighted by Crippen LogP contribution is 2.28. The number of aromatic carboxylic acids is 1. The maximum atomic E-state index is 11.1. The average molecular weight is 333 g/mol. The summed E-state index contributed by atoms with van der Waals surface area (Å²) in [5.74, 6) is 1.61. The Morgan fingerprint density at radius 2 is 2.12 bits per heavy atom. The van der Waals surface area contributed by atoms with Crippen LogP contribution in [0.1, 0.15) is 33.7 Å². The Bertz CT molecular complexity index is 963. The number of terminal acetylenes is 1. The molecule has 0 unspecified atom stereocenters. The summed E-state index contributed by atoms with van der Waals surface area (Å²) < 4.78 is 5.38. The first-order valence-electron chi connectivity index (χ1n) is 8.14. The molecule has 4 nitrogen and oxygen atoms in total. The van der Waals surface area contributed by atoms with Crippen LogP contribution in [0.25, 0.3) is 11.0 Å². The first kappa shape index (κ1) is 16.7. The van der Waals surface area contributed by atoms with Crippen molar-refractivity contribution >= 4 is 22.6 Å². The molecule has 3 aromatic rings. The normalized spacial score (nSPS) is 10.6. The van der Waals surface area contributed by atoms with E-state index in [0.717, 1.165) is 36.0 Å². The van der Waals surface area contributed by atoms with Gasteiger partial charge in [-0.05, 0) is 55.7 Å². The summed E-state index contributed by atoms with van der Waals surface area (Å²) in [4.78, 5) is 11.1. The van der Waals surface area contributed by atoms with Gasteiger partial charge in [0.2, 0.25) is 5.76 Å². The zero-order valence-corrected chi connectivity index (χ0v) is 14.0. The molecule has 0 aliphatic carbocycles. The molecule has 1 aromatic heterocycles. The molecular weight excluding hydrogens is 314 g/mol. The largest absolute Gasteiger partial charge is 0.475 e. The standard InChI is InChI=1S/C21H19NO3/c1-3-15-6-4-7-16(12-15)8-5-11-22-17-9-10-19-18(13-17)14(2)20(25-19)21(23)24/h1,4,6-7,9-10,12-13,22H,5,8,11H2,2H3,(H,23,24). The third-order valence-electron chi connectivity index (χ3n) is 4.20. The van der Waals surface area contributed by atoms with E-state index >= 15 is 0 Å². The van der Waals surface area contributed by atoms with Crippen molar-refractivity contribution in [1.29, 1.82) is 0 Å². The molecule has 126 valence electrons. The summed E-state index contributed by atoms with van der Waals surface area (Å²) in [6, 6.07) is 13.6. The van der Waals surface area contributed by atoms with E-state index in [1.165, 1.54) is 5.56 Å². The molecule has 0 radical (unpaired) electrons. The van der Waals surface area contributed by atoms with E-state index in [1.807, 2.05) is 30.3 Å². The van der Waals surface area contributed by atoms with Gasteiger partial charge in [0, 0.05) is 28.7 Å². The van der Waals surface area contributed by atoms with Gasteiger partial charge in [0.25, 0.3) is 0 Å². The van der Waals surface area contributed by atoms with Gasteiger partial charge in [-0.25, -0.2) is 4.79 Å². The maximum Gasteiger partial charge on any atom is 0.372 e. The molecule has 1 heterocycles. The van der Waals surface area contributed by atoms with Gasteiger partial charge in [-0.3, -0.25) is 0 Å². The lowest BCUT2D eigenvalue weighted by Gasteiger charge is -2.07. The number of benzene rings is 2. The fraction of sp³-hybridized carbons (Fsp3) is 0.190. The van der Waals surface area contributed by atoms with E-state index in [2.05, 4.69) is 17.3 Å². The number of carbonyl (C=O) groups is 1. The fourth-order valence-corrected chi connectivity index (χ4v) is 2.88. The highest BCUT2D eigenvalue weighted by molar-refractivity contribution is 5.95. The lowest BCUT2D eigenvalue weighted by Crippen LogP contribution is -2.03. The molecule has 3 rings (SSSR count). The van der Waals surface area contributed by atoms with Crippen LogP contribution >= 0.6 is 0 Å². The number of carboxylic acid groups (broad SMARTS) is 1. The molecule has 0 bridgehead atoms. The zero-order valence-electron chi connectivity index (χ0n) is 14.0. The third-order valence-corrected chi connectivity index (χ3v) is 4.20. The van der Waals surface area contributed by atoms with E-state index in [-0.39, 0.29) is 5.76 Å². The van der Waals surface area contributed by atoms with Crippen LogP contribution in [0.2, 0.25) is 0 Å². The van der Waals surface area contributed by atoms with Crippen LogP contribution in [0.4, 0.5) is 5.69 Å². The molecule has 25 heavy (non-hydrogen) atoms. The Morgan fingerprint density at radius 1 is 1.28 bits per heavy atom. The van der Waals surface area contributed by atoms with E-state index in [4.69, 9.17) is 15.9 Å². The quantitative estimate of drug-likeness (QED) is 0.516. The van der Waals surface area contributed by atoms with E-state index in [1.54, 1.807) is 13.0 Å². The number of fused-ring (bicyclic) bond motifs is 1. The minimum Gasteiger partial charge on any atom is -0.475 e. The van der Waals surface area contributed by atoms with Crippen LogP contribution in [0.5, 0.6) is 0 Å². The van der Waals surface area contributed by atoms with Gasteiger partial charge < -0.3 is 14.8 Å². The number of rotatable bonds is 6. The molecule has 0 amide bonds. The first-order valence-corrected chi connectivity index (χ1v) is 8.14. The van der Waals surface area contributed by atoms with Gasteiger partial charge in [-0.2, -0.15) is 0 Å². The predicted molar refractivity (Wildman–Crippen MR) is 99.1 cm³/mol. The monoisotopic (exact) mass is 333 g/mol. The zero-order chi connectivity index (χ0) is 17.8. The molecule has 4 heteroatoms. The number of furan rings is 1. The van der Waals surface area contributed by atoms with Crippen LogP contribution in [-0.4, -0.2) is 17.6 Å². The first-order chi connectivity index (χ1) is 12.1. The average Bonchev–Trinajstić information content (AvgIpc) is 2.96. The van der Waals surface area contributed by atoms with Crippen LogP contribution in [0, 0.1) is 19.3 Å². The lowest BCUT2D eigenvalue weighted by atomic mass is 10.1. The molecule has 0 spiro atoms. The summed E-state index contributed by atoms with van der Waals surface area (Å²) in [7, 11) is 0. The molecule has 0 saturated carbocycles. The van der Waals surface area contributed by atoms with Crippen LogP contribution in [0.3, 0.4) is 0 Å². The Kier molecular flexibility index (Phi) is 4.76. The number of carboxylic acids is 1. The number of aryl methyl sites for hydroxylation is 2. The molecule has 0 atom stereocenters. The minimum atomic E-state index is -1.04. The minimum absolute atomic E-state index is 0.000505. The summed E-state index contributed by atoms with van der Waals surface area (Å²) in [6.45, 7) is 2.58. The maximum absolute atomic E-state index is 11.1. The van der Waals surface area contributed by atoms with Crippen molar-refractivity contribution in [2.75, 3.05) is 11.9 Å². The lowest BCUT2D eigenvalue weighted by molar-refractivity contribution is 0.0664. The Hall–Kier alpha value is -3.19. The number of hydrogen-bond donors (Lipinski definition) is 2. The number of hydrogen-bond acceptors (Lipinski definition) is 3. The predicted octanol–water partition coefficient (Wildman–Crippen LogP) is 4.47. The molecule has 2 aromatic carbocycles. The second kappa shape index (κ2) is 7.14. The fourth-order valence-electron chi connectivity index (χ4n) is 2.88. The van der Waals surface area contributed by atoms with Crippen LogP contribution < -0.4 is 5.32 Å². The van der Waals surface area contributed by atoms with Crippen molar-refractivity contribution in [1.82, 2.24) is 0 Å². The smallest absolute Gasteiger partial charge is 0.372 e. The van der Waals surface area contributed by atoms with Crippen molar-refractivity contribution in [3.63, 3.8) is 0 Å². The van der Waals surface area contributed by atoms with Gasteiger partial charge in [0.1, 0.15) is 5.58 Å². The Morgan fingerprint density at radius 3 is 2.88 bits per heavy atom. The highest BCUT2D eigenvalue weighted by Gasteiger charge is 2.16. The van der Waals surface area contributed by atoms with Gasteiger partial charge in [-0.15, -0.1) is 6.42 Å². The molecule has 0 saturated heterocycles. The van der Waals surface area contributed by atoms with Crippen molar-refractivity contribution in [2.45, 2.75) is 19.8 Å². The van der Waals surface area contributed by atoms with Gasteiger partial charge >= 0.3 is 5.97 Å². The molecule has 0 fully saturated rings. The molecule has 0 aliphatic heterocycles. The summed E-state index contributed by atoms with van der Waals surface area (Å²) in [5.41, 5.74) is 4.32. The van der Waals surface area contributed by atoms with Gasteiger partial charge in [-0.1, -0.05) is 18.1 Å². The van der Waals surface area contributed by atoms with E-state index in [9.17, 15) is 4.79 Å². The van der Waals surface area contributed by atoms with E-state index < -0.39 is 5.97 Å².